The van der Waals surface area contributed by atoms with E-state index in [1.165, 1.54) is 0 Å². The summed E-state index contributed by atoms with van der Waals surface area (Å²) in [5, 5.41) is 13.0. The van der Waals surface area contributed by atoms with Crippen molar-refractivity contribution in [2.24, 2.45) is 0 Å². The zero-order valence-electron chi connectivity index (χ0n) is 16.7. The molecule has 4 rings (SSSR count). The van der Waals surface area contributed by atoms with Crippen LogP contribution in [0.1, 0.15) is 35.8 Å². The number of aromatic nitrogens is 1. The fourth-order valence-electron chi connectivity index (χ4n) is 4.70. The summed E-state index contributed by atoms with van der Waals surface area (Å²) >= 11 is 0. The van der Waals surface area contributed by atoms with Crippen molar-refractivity contribution in [2.45, 2.75) is 37.4 Å². The van der Waals surface area contributed by atoms with Crippen LogP contribution in [0.3, 0.4) is 0 Å². The molecular weight excluding hydrogens is 368 g/mol. The summed E-state index contributed by atoms with van der Waals surface area (Å²) in [6.07, 6.45) is 1.59. The van der Waals surface area contributed by atoms with Crippen molar-refractivity contribution >= 4 is 11.9 Å². The lowest BCUT2D eigenvalue weighted by molar-refractivity contribution is -0.151. The van der Waals surface area contributed by atoms with E-state index in [1.807, 2.05) is 44.2 Å². The molecule has 7 nitrogen and oxygen atoms in total. The van der Waals surface area contributed by atoms with Gasteiger partial charge in [-0.05, 0) is 31.5 Å². The molecule has 2 aliphatic rings. The second kappa shape index (κ2) is 7.48. The Morgan fingerprint density at radius 3 is 2.45 bits per heavy atom. The maximum atomic E-state index is 13.3. The first-order valence-electron chi connectivity index (χ1n) is 9.94. The number of hydrogen-bond acceptors (Lipinski definition) is 4. The van der Waals surface area contributed by atoms with Crippen molar-refractivity contribution < 1.29 is 14.7 Å². The lowest BCUT2D eigenvalue weighted by atomic mass is 9.60. The SMILES string of the molecule is CC(C)NC(=O)N1CC2(C1)[C@@H](c1ccccc1)[C@H](CO)N2C(=O)c1ccccn1. The summed E-state index contributed by atoms with van der Waals surface area (Å²) in [5.41, 5.74) is 0.889. The Balaban J connectivity index is 1.65. The average Bonchev–Trinajstić information content (AvgIpc) is 2.67. The highest BCUT2D eigenvalue weighted by atomic mass is 16.3. The van der Waals surface area contributed by atoms with Crippen molar-refractivity contribution in [1.29, 1.82) is 0 Å². The molecule has 2 saturated heterocycles. The van der Waals surface area contributed by atoms with E-state index >= 15 is 0 Å². The Morgan fingerprint density at radius 1 is 1.17 bits per heavy atom. The molecule has 3 heterocycles. The Labute approximate surface area is 170 Å². The number of aliphatic hydroxyl groups is 1. The van der Waals surface area contributed by atoms with Crippen molar-refractivity contribution in [3.63, 3.8) is 0 Å². The molecule has 0 saturated carbocycles. The highest BCUT2D eigenvalue weighted by Gasteiger charge is 2.68. The summed E-state index contributed by atoms with van der Waals surface area (Å²) in [5.74, 6) is -0.245. The van der Waals surface area contributed by atoms with Gasteiger partial charge in [-0.2, -0.15) is 0 Å². The number of carbonyl (C=O) groups is 2. The topological polar surface area (TPSA) is 85.8 Å². The first kappa shape index (κ1) is 19.4. The van der Waals surface area contributed by atoms with E-state index in [1.54, 1.807) is 34.2 Å². The lowest BCUT2D eigenvalue weighted by Crippen LogP contribution is -2.86. The number of nitrogens with zero attached hydrogens (tertiary/aromatic N) is 3. The predicted molar refractivity (Wildman–Crippen MR) is 108 cm³/mol. The Hall–Kier alpha value is -2.93. The van der Waals surface area contributed by atoms with E-state index in [-0.39, 0.29) is 36.5 Å². The van der Waals surface area contributed by atoms with Gasteiger partial charge in [-0.1, -0.05) is 36.4 Å². The molecule has 0 aliphatic carbocycles. The molecule has 2 aromatic rings. The number of aliphatic hydroxyl groups excluding tert-OH is 1. The number of nitrogens with one attached hydrogen (secondary N) is 1. The number of carbonyl (C=O) groups excluding carboxylic acids is 2. The Morgan fingerprint density at radius 2 is 1.86 bits per heavy atom. The molecule has 2 aliphatic heterocycles. The molecule has 1 aromatic heterocycles. The van der Waals surface area contributed by atoms with E-state index in [4.69, 9.17) is 0 Å². The van der Waals surface area contributed by atoms with Crippen molar-refractivity contribution in [3.05, 3.63) is 66.0 Å². The standard InChI is InChI=1S/C22H26N4O3/c1-15(2)24-21(29)25-13-22(14-25)19(16-8-4-3-5-9-16)18(12-27)26(22)20(28)17-10-6-7-11-23-17/h3-11,15,18-19,27H,12-14H2,1-2H3,(H,24,29)/t18-,19-/m0/s1. The van der Waals surface area contributed by atoms with E-state index < -0.39 is 5.54 Å². The van der Waals surface area contributed by atoms with Crippen molar-refractivity contribution in [1.82, 2.24) is 20.1 Å². The van der Waals surface area contributed by atoms with E-state index in [0.717, 1.165) is 5.56 Å². The third kappa shape index (κ3) is 3.15. The molecular formula is C22H26N4O3. The lowest BCUT2D eigenvalue weighted by Gasteiger charge is -2.70. The number of amides is 3. The van der Waals surface area contributed by atoms with Gasteiger partial charge in [0.1, 0.15) is 5.69 Å². The van der Waals surface area contributed by atoms with E-state index in [0.29, 0.717) is 18.8 Å². The maximum Gasteiger partial charge on any atom is 0.317 e. The first-order chi connectivity index (χ1) is 14.0. The molecule has 152 valence electrons. The predicted octanol–water partition coefficient (Wildman–Crippen LogP) is 1.85. The third-order valence-corrected chi connectivity index (χ3v) is 5.85. The van der Waals surface area contributed by atoms with Gasteiger partial charge in [-0.15, -0.1) is 0 Å². The van der Waals surface area contributed by atoms with Gasteiger partial charge in [-0.3, -0.25) is 9.78 Å². The van der Waals surface area contributed by atoms with Crippen LogP contribution in [-0.4, -0.2) is 69.1 Å². The van der Waals surface area contributed by atoms with Gasteiger partial charge in [0.2, 0.25) is 0 Å². The fraction of sp³-hybridized carbons (Fsp3) is 0.409. The minimum atomic E-state index is -0.530. The molecule has 7 heteroatoms. The normalized spacial score (nSPS) is 22.2. The van der Waals surface area contributed by atoms with Crippen LogP contribution >= 0.6 is 0 Å². The maximum absolute atomic E-state index is 13.3. The van der Waals surface area contributed by atoms with Gasteiger partial charge in [-0.25, -0.2) is 4.79 Å². The zero-order valence-corrected chi connectivity index (χ0v) is 16.7. The first-order valence-corrected chi connectivity index (χ1v) is 9.94. The summed E-state index contributed by atoms with van der Waals surface area (Å²) in [6, 6.07) is 14.7. The molecule has 0 unspecified atom stereocenters. The highest BCUT2D eigenvalue weighted by molar-refractivity contribution is 5.95. The quantitative estimate of drug-likeness (QED) is 0.829. The molecule has 0 radical (unpaired) electrons. The van der Waals surface area contributed by atoms with Crippen LogP contribution in [0, 0.1) is 0 Å². The summed E-state index contributed by atoms with van der Waals surface area (Å²) in [4.78, 5) is 33.4. The number of benzene rings is 1. The van der Waals surface area contributed by atoms with Crippen LogP contribution in [0.2, 0.25) is 0 Å². The van der Waals surface area contributed by atoms with Crippen LogP contribution in [0.25, 0.3) is 0 Å². The van der Waals surface area contributed by atoms with E-state index in [9.17, 15) is 14.7 Å². The number of hydrogen-bond donors (Lipinski definition) is 2. The molecule has 29 heavy (non-hydrogen) atoms. The van der Waals surface area contributed by atoms with Gasteiger partial charge in [0.25, 0.3) is 5.91 Å². The second-order valence-electron chi connectivity index (χ2n) is 8.09. The Bertz CT molecular complexity index is 881. The molecule has 2 fully saturated rings. The van der Waals surface area contributed by atoms with Crippen LogP contribution in [0.4, 0.5) is 4.79 Å². The van der Waals surface area contributed by atoms with Gasteiger partial charge in [0, 0.05) is 31.2 Å². The average molecular weight is 394 g/mol. The van der Waals surface area contributed by atoms with Crippen LogP contribution in [0.15, 0.2) is 54.7 Å². The van der Waals surface area contributed by atoms with Crippen LogP contribution in [-0.2, 0) is 0 Å². The molecule has 1 spiro atoms. The van der Waals surface area contributed by atoms with Crippen molar-refractivity contribution in [3.8, 4) is 0 Å². The summed E-state index contributed by atoms with van der Waals surface area (Å²) < 4.78 is 0. The molecule has 2 N–H and O–H groups in total. The molecule has 1 aromatic carbocycles. The monoisotopic (exact) mass is 394 g/mol. The van der Waals surface area contributed by atoms with Crippen LogP contribution < -0.4 is 5.32 Å². The zero-order chi connectivity index (χ0) is 20.6. The summed E-state index contributed by atoms with van der Waals surface area (Å²) in [7, 11) is 0. The van der Waals surface area contributed by atoms with Crippen LogP contribution in [0.5, 0.6) is 0 Å². The fourth-order valence-corrected chi connectivity index (χ4v) is 4.70. The largest absolute Gasteiger partial charge is 0.394 e. The molecule has 3 amide bonds. The number of pyridine rings is 1. The van der Waals surface area contributed by atoms with Gasteiger partial charge in [0.15, 0.2) is 0 Å². The highest BCUT2D eigenvalue weighted by Crippen LogP contribution is 2.54. The number of rotatable bonds is 4. The molecule has 2 atom stereocenters. The van der Waals surface area contributed by atoms with Gasteiger partial charge >= 0.3 is 6.03 Å². The smallest absolute Gasteiger partial charge is 0.317 e. The molecule has 0 bridgehead atoms. The number of urea groups is 1. The van der Waals surface area contributed by atoms with E-state index in [2.05, 4.69) is 10.3 Å². The number of likely N-dealkylation sites (tertiary alicyclic amines) is 2. The summed E-state index contributed by atoms with van der Waals surface area (Å²) in [6.45, 7) is 4.56. The minimum Gasteiger partial charge on any atom is -0.394 e. The minimum absolute atomic E-state index is 0.0375. The van der Waals surface area contributed by atoms with Gasteiger partial charge in [0.05, 0.1) is 18.2 Å². The van der Waals surface area contributed by atoms with Crippen molar-refractivity contribution in [2.75, 3.05) is 19.7 Å². The van der Waals surface area contributed by atoms with Gasteiger partial charge < -0.3 is 20.2 Å². The second-order valence-corrected chi connectivity index (χ2v) is 8.09. The Kier molecular flexibility index (Phi) is 5.00. The third-order valence-electron chi connectivity index (χ3n) is 5.85.